The smallest absolute Gasteiger partial charge is 0.242 e. The van der Waals surface area contributed by atoms with E-state index in [-0.39, 0.29) is 11.9 Å². The molecule has 2 rings (SSSR count). The van der Waals surface area contributed by atoms with Crippen LogP contribution in [-0.2, 0) is 4.79 Å². The fraction of sp³-hybridized carbons (Fsp3) is 0.545. The number of rotatable bonds is 3. The first-order chi connectivity index (χ1) is 8.58. The molecule has 0 bridgehead atoms. The Morgan fingerprint density at radius 3 is 2.89 bits per heavy atom. The lowest BCUT2D eigenvalue weighted by molar-refractivity contribution is -0.128. The fourth-order valence-corrected chi connectivity index (χ4v) is 2.48. The summed E-state index contributed by atoms with van der Waals surface area (Å²) in [5.41, 5.74) is 5.55. The average Bonchev–Trinajstić information content (AvgIpc) is 2.85. The monoisotopic (exact) mass is 313 g/mol. The Morgan fingerprint density at radius 1 is 1.56 bits per heavy atom. The maximum Gasteiger partial charge on any atom is 0.242 e. The molecule has 1 saturated heterocycles. The lowest BCUT2D eigenvalue weighted by Crippen LogP contribution is -2.37. The number of likely N-dealkylation sites (N-methyl/N-ethyl adjacent to an activating group) is 1. The highest BCUT2D eigenvalue weighted by Crippen LogP contribution is 2.22. The van der Waals surface area contributed by atoms with Crippen molar-refractivity contribution in [2.75, 3.05) is 37.3 Å². The van der Waals surface area contributed by atoms with E-state index in [0.717, 1.165) is 30.4 Å². The summed E-state index contributed by atoms with van der Waals surface area (Å²) in [6.45, 7) is 2.02. The van der Waals surface area contributed by atoms with E-state index in [1.54, 1.807) is 11.1 Å². The van der Waals surface area contributed by atoms with Gasteiger partial charge in [-0.3, -0.25) is 4.79 Å². The molecule has 1 aliphatic rings. The van der Waals surface area contributed by atoms with Crippen molar-refractivity contribution in [3.63, 3.8) is 0 Å². The van der Waals surface area contributed by atoms with Crippen LogP contribution in [0, 0.1) is 0 Å². The van der Waals surface area contributed by atoms with E-state index in [2.05, 4.69) is 25.9 Å². The molecular weight excluding hydrogens is 298 g/mol. The van der Waals surface area contributed by atoms with Gasteiger partial charge in [-0.25, -0.2) is 4.98 Å². The zero-order chi connectivity index (χ0) is 13.1. The van der Waals surface area contributed by atoms with Crippen LogP contribution in [0.3, 0.4) is 0 Å². The zero-order valence-electron chi connectivity index (χ0n) is 10.3. The number of aromatic nitrogens is 2. The molecule has 18 heavy (non-hydrogen) atoms. The largest absolute Gasteiger partial charge is 0.368 e. The molecule has 0 saturated carbocycles. The Kier molecular flexibility index (Phi) is 4.00. The normalized spacial score (nSPS) is 14.9. The first kappa shape index (κ1) is 13.1. The quantitative estimate of drug-likeness (QED) is 0.896. The number of hydrogen-bond acceptors (Lipinski definition) is 5. The predicted octanol–water partition coefficient (Wildman–Crippen LogP) is 0.880. The van der Waals surface area contributed by atoms with Crippen LogP contribution in [0.15, 0.2) is 10.7 Å². The second-order valence-corrected chi connectivity index (χ2v) is 5.20. The van der Waals surface area contributed by atoms with E-state index >= 15 is 0 Å². The van der Waals surface area contributed by atoms with Gasteiger partial charge in [0.25, 0.3) is 0 Å². The predicted molar refractivity (Wildman–Crippen MR) is 73.2 cm³/mol. The van der Waals surface area contributed by atoms with Crippen LogP contribution in [0.4, 0.5) is 11.8 Å². The van der Waals surface area contributed by atoms with E-state index in [0.29, 0.717) is 12.4 Å². The third kappa shape index (κ3) is 2.90. The van der Waals surface area contributed by atoms with Crippen LogP contribution in [0.5, 0.6) is 0 Å². The van der Waals surface area contributed by atoms with Gasteiger partial charge in [-0.15, -0.1) is 0 Å². The van der Waals surface area contributed by atoms with Gasteiger partial charge in [0.1, 0.15) is 5.82 Å². The molecule has 98 valence electrons. The molecule has 7 heteroatoms. The highest BCUT2D eigenvalue weighted by Gasteiger charge is 2.20. The summed E-state index contributed by atoms with van der Waals surface area (Å²) in [5.74, 6) is 0.961. The van der Waals surface area contributed by atoms with Gasteiger partial charge in [0.05, 0.1) is 11.0 Å². The number of likely N-dealkylation sites (tertiary alicyclic amines) is 1. The Balaban J connectivity index is 2.04. The van der Waals surface area contributed by atoms with Crippen molar-refractivity contribution in [2.24, 2.45) is 0 Å². The van der Waals surface area contributed by atoms with E-state index < -0.39 is 0 Å². The van der Waals surface area contributed by atoms with Gasteiger partial charge in [0.15, 0.2) is 0 Å². The maximum atomic E-state index is 12.0. The molecule has 0 atom stereocenters. The number of carbonyl (C=O) groups is 1. The van der Waals surface area contributed by atoms with Crippen molar-refractivity contribution in [3.05, 3.63) is 10.7 Å². The van der Waals surface area contributed by atoms with Gasteiger partial charge in [-0.2, -0.15) is 4.98 Å². The number of nitrogens with zero attached hydrogens (tertiary/aromatic N) is 4. The molecule has 1 aliphatic heterocycles. The first-order valence-corrected chi connectivity index (χ1v) is 6.64. The minimum atomic E-state index is 0.124. The summed E-state index contributed by atoms with van der Waals surface area (Å²) in [6.07, 6.45) is 3.79. The van der Waals surface area contributed by atoms with E-state index in [9.17, 15) is 4.79 Å². The minimum absolute atomic E-state index is 0.124. The lowest BCUT2D eigenvalue weighted by atomic mass is 10.4. The number of nitrogens with two attached hydrogens (primary N) is 1. The fourth-order valence-electron chi connectivity index (χ4n) is 1.98. The summed E-state index contributed by atoms with van der Waals surface area (Å²) >= 11 is 3.36. The molecule has 0 aromatic carbocycles. The second-order valence-electron chi connectivity index (χ2n) is 4.34. The average molecular weight is 314 g/mol. The van der Waals surface area contributed by atoms with Crippen molar-refractivity contribution in [1.29, 1.82) is 0 Å². The summed E-state index contributed by atoms with van der Waals surface area (Å²) in [7, 11) is 1.82. The third-order valence-electron chi connectivity index (χ3n) is 2.94. The zero-order valence-corrected chi connectivity index (χ0v) is 11.9. The van der Waals surface area contributed by atoms with E-state index in [4.69, 9.17) is 5.73 Å². The van der Waals surface area contributed by atoms with E-state index in [1.165, 1.54) is 0 Å². The molecule has 6 nitrogen and oxygen atoms in total. The van der Waals surface area contributed by atoms with E-state index in [1.807, 2.05) is 11.9 Å². The Hall–Kier alpha value is -1.37. The molecule has 2 N–H and O–H groups in total. The molecule has 1 aromatic rings. The van der Waals surface area contributed by atoms with Gasteiger partial charge < -0.3 is 15.5 Å². The van der Waals surface area contributed by atoms with Gasteiger partial charge >= 0.3 is 0 Å². The second kappa shape index (κ2) is 5.51. The SMILES string of the molecule is CN(CC(=O)N1CCCC1)c1nc(N)ncc1Br. The number of amides is 1. The van der Waals surface area contributed by atoms with Gasteiger partial charge in [-0.05, 0) is 28.8 Å². The highest BCUT2D eigenvalue weighted by atomic mass is 79.9. The number of anilines is 2. The van der Waals surface area contributed by atoms with Crippen molar-refractivity contribution in [1.82, 2.24) is 14.9 Å². The van der Waals surface area contributed by atoms with Gasteiger partial charge in [-0.1, -0.05) is 0 Å². The number of nitrogen functional groups attached to an aromatic ring is 1. The van der Waals surface area contributed by atoms with Crippen molar-refractivity contribution >= 4 is 33.6 Å². The highest BCUT2D eigenvalue weighted by molar-refractivity contribution is 9.10. The topological polar surface area (TPSA) is 75.4 Å². The van der Waals surface area contributed by atoms with Gasteiger partial charge in [0, 0.05) is 26.3 Å². The molecule has 0 unspecified atom stereocenters. The molecule has 1 amide bonds. The Labute approximate surface area is 114 Å². The van der Waals surface area contributed by atoms with Crippen LogP contribution in [-0.4, -0.2) is 47.5 Å². The molecule has 1 aromatic heterocycles. The molecule has 2 heterocycles. The van der Waals surface area contributed by atoms with Crippen molar-refractivity contribution in [2.45, 2.75) is 12.8 Å². The molecule has 1 fully saturated rings. The lowest BCUT2D eigenvalue weighted by Gasteiger charge is -2.22. The standard InChI is InChI=1S/C11H16BrN5O/c1-16(7-9(18)17-4-2-3-5-17)10-8(12)6-14-11(13)15-10/h6H,2-5,7H2,1H3,(H2,13,14,15). The summed E-state index contributed by atoms with van der Waals surface area (Å²) in [4.78, 5) is 23.7. The van der Waals surface area contributed by atoms with Crippen molar-refractivity contribution < 1.29 is 4.79 Å². The number of carbonyl (C=O) groups excluding carboxylic acids is 1. The number of hydrogen-bond donors (Lipinski definition) is 1. The third-order valence-corrected chi connectivity index (χ3v) is 3.50. The Bertz CT molecular complexity index is 447. The van der Waals surface area contributed by atoms with Crippen LogP contribution >= 0.6 is 15.9 Å². The first-order valence-electron chi connectivity index (χ1n) is 5.85. The molecular formula is C11H16BrN5O. The maximum absolute atomic E-state index is 12.0. The molecule has 0 aliphatic carbocycles. The van der Waals surface area contributed by atoms with Gasteiger partial charge in [0.2, 0.25) is 11.9 Å². The summed E-state index contributed by atoms with van der Waals surface area (Å²) < 4.78 is 0.730. The molecule has 0 radical (unpaired) electrons. The van der Waals surface area contributed by atoms with Crippen LogP contribution in [0.2, 0.25) is 0 Å². The van der Waals surface area contributed by atoms with Crippen molar-refractivity contribution in [3.8, 4) is 0 Å². The minimum Gasteiger partial charge on any atom is -0.368 e. The summed E-state index contributed by atoms with van der Waals surface area (Å²) in [5, 5.41) is 0. The van der Waals surface area contributed by atoms with Crippen LogP contribution < -0.4 is 10.6 Å². The Morgan fingerprint density at radius 2 is 2.22 bits per heavy atom. The van der Waals surface area contributed by atoms with Crippen LogP contribution in [0.1, 0.15) is 12.8 Å². The molecule has 0 spiro atoms. The number of halogens is 1. The van der Waals surface area contributed by atoms with Crippen LogP contribution in [0.25, 0.3) is 0 Å². The summed E-state index contributed by atoms with van der Waals surface area (Å²) in [6, 6.07) is 0.